The van der Waals surface area contributed by atoms with E-state index in [1.807, 2.05) is 36.4 Å². The van der Waals surface area contributed by atoms with E-state index in [1.165, 1.54) is 0 Å². The highest BCUT2D eigenvalue weighted by Crippen LogP contribution is 2.21. The molecule has 0 bridgehead atoms. The van der Waals surface area contributed by atoms with E-state index in [2.05, 4.69) is 10.3 Å². The van der Waals surface area contributed by atoms with Crippen molar-refractivity contribution in [2.75, 3.05) is 5.73 Å². The first-order valence-corrected chi connectivity index (χ1v) is 6.36. The lowest BCUT2D eigenvalue weighted by Crippen LogP contribution is -2.26. The molecule has 0 aliphatic heterocycles. The molecular formula is C15H15N3O. The van der Waals surface area contributed by atoms with Gasteiger partial charge in [-0.3, -0.25) is 4.79 Å². The molecular weight excluding hydrogens is 238 g/mol. The molecule has 2 aromatic rings. The van der Waals surface area contributed by atoms with Crippen LogP contribution < -0.4 is 11.1 Å². The number of nitrogens with one attached hydrogen (secondary N) is 1. The third-order valence-electron chi connectivity index (χ3n) is 3.08. The van der Waals surface area contributed by atoms with Crippen LogP contribution in [0, 0.1) is 0 Å². The summed E-state index contributed by atoms with van der Waals surface area (Å²) in [5.41, 5.74) is 8.58. The Hall–Kier alpha value is -2.36. The molecule has 96 valence electrons. The van der Waals surface area contributed by atoms with E-state index in [1.54, 1.807) is 6.07 Å². The summed E-state index contributed by atoms with van der Waals surface area (Å²) in [4.78, 5) is 16.3. The van der Waals surface area contributed by atoms with E-state index >= 15 is 0 Å². The topological polar surface area (TPSA) is 68.0 Å². The summed E-state index contributed by atoms with van der Waals surface area (Å²) in [6.07, 6.45) is 2.14. The van der Waals surface area contributed by atoms with Crippen LogP contribution in [0.3, 0.4) is 0 Å². The predicted molar refractivity (Wildman–Crippen MR) is 74.6 cm³/mol. The number of hydrogen-bond acceptors (Lipinski definition) is 3. The fourth-order valence-electron chi connectivity index (χ4n) is 1.91. The van der Waals surface area contributed by atoms with Gasteiger partial charge in [0.2, 0.25) is 0 Å². The molecule has 1 aliphatic rings. The molecule has 1 aliphatic carbocycles. The van der Waals surface area contributed by atoms with Crippen LogP contribution in [0.5, 0.6) is 0 Å². The molecule has 1 amide bonds. The Balaban J connectivity index is 1.88. The van der Waals surface area contributed by atoms with E-state index in [9.17, 15) is 4.79 Å². The Morgan fingerprint density at radius 1 is 1.21 bits per heavy atom. The number of benzene rings is 1. The second-order valence-electron chi connectivity index (χ2n) is 4.78. The van der Waals surface area contributed by atoms with Crippen LogP contribution >= 0.6 is 0 Å². The van der Waals surface area contributed by atoms with Gasteiger partial charge in [-0.25, -0.2) is 4.98 Å². The van der Waals surface area contributed by atoms with Gasteiger partial charge in [-0.05, 0) is 37.1 Å². The van der Waals surface area contributed by atoms with Crippen molar-refractivity contribution < 1.29 is 4.79 Å². The SMILES string of the molecule is Nc1cccc(-c2cccc(C(=O)NC3CC3)n2)c1. The third-order valence-corrected chi connectivity index (χ3v) is 3.08. The van der Waals surface area contributed by atoms with Gasteiger partial charge in [0.1, 0.15) is 5.69 Å². The molecule has 3 N–H and O–H groups in total. The van der Waals surface area contributed by atoms with Gasteiger partial charge in [-0.1, -0.05) is 18.2 Å². The maximum atomic E-state index is 11.9. The van der Waals surface area contributed by atoms with E-state index in [-0.39, 0.29) is 5.91 Å². The Morgan fingerprint density at radius 2 is 2.00 bits per heavy atom. The molecule has 3 rings (SSSR count). The van der Waals surface area contributed by atoms with Crippen LogP contribution in [0.15, 0.2) is 42.5 Å². The first-order chi connectivity index (χ1) is 9.22. The lowest BCUT2D eigenvalue weighted by molar-refractivity contribution is 0.0946. The van der Waals surface area contributed by atoms with Crippen molar-refractivity contribution in [2.24, 2.45) is 0 Å². The first-order valence-electron chi connectivity index (χ1n) is 6.36. The van der Waals surface area contributed by atoms with Gasteiger partial charge in [-0.2, -0.15) is 0 Å². The van der Waals surface area contributed by atoms with Crippen LogP contribution in [-0.4, -0.2) is 16.9 Å². The van der Waals surface area contributed by atoms with Crippen LogP contribution in [-0.2, 0) is 0 Å². The summed E-state index contributed by atoms with van der Waals surface area (Å²) in [5.74, 6) is -0.103. The number of nitrogens with two attached hydrogens (primary N) is 1. The van der Waals surface area contributed by atoms with Crippen LogP contribution in [0.25, 0.3) is 11.3 Å². The number of anilines is 1. The summed E-state index contributed by atoms with van der Waals surface area (Å²) in [5, 5.41) is 2.93. The Kier molecular flexibility index (Phi) is 2.91. The largest absolute Gasteiger partial charge is 0.399 e. The number of nitrogens with zero attached hydrogens (tertiary/aromatic N) is 1. The van der Waals surface area contributed by atoms with Gasteiger partial charge >= 0.3 is 0 Å². The molecule has 1 aromatic carbocycles. The highest BCUT2D eigenvalue weighted by molar-refractivity contribution is 5.93. The Labute approximate surface area is 111 Å². The minimum atomic E-state index is -0.103. The molecule has 1 heterocycles. The number of rotatable bonds is 3. The fraction of sp³-hybridized carbons (Fsp3) is 0.200. The zero-order valence-electron chi connectivity index (χ0n) is 10.5. The van der Waals surface area contributed by atoms with E-state index < -0.39 is 0 Å². The standard InChI is InChI=1S/C15H15N3O/c16-11-4-1-3-10(9-11)13-5-2-6-14(18-13)15(19)17-12-7-8-12/h1-6,9,12H,7-8,16H2,(H,17,19). The smallest absolute Gasteiger partial charge is 0.270 e. The lowest BCUT2D eigenvalue weighted by atomic mass is 10.1. The fourth-order valence-corrected chi connectivity index (χ4v) is 1.91. The van der Waals surface area contributed by atoms with Crippen LogP contribution in [0.4, 0.5) is 5.69 Å². The summed E-state index contributed by atoms with van der Waals surface area (Å²) in [6, 6.07) is 13.3. The molecule has 0 atom stereocenters. The Bertz CT molecular complexity index is 620. The monoisotopic (exact) mass is 253 g/mol. The minimum absolute atomic E-state index is 0.103. The van der Waals surface area contributed by atoms with E-state index in [0.717, 1.165) is 24.1 Å². The van der Waals surface area contributed by atoms with Crippen LogP contribution in [0.2, 0.25) is 0 Å². The van der Waals surface area contributed by atoms with Crippen molar-refractivity contribution in [3.05, 3.63) is 48.2 Å². The Morgan fingerprint density at radius 3 is 2.74 bits per heavy atom. The zero-order chi connectivity index (χ0) is 13.2. The van der Waals surface area contributed by atoms with Crippen molar-refractivity contribution in [3.63, 3.8) is 0 Å². The maximum Gasteiger partial charge on any atom is 0.270 e. The molecule has 0 spiro atoms. The second-order valence-corrected chi connectivity index (χ2v) is 4.78. The highest BCUT2D eigenvalue weighted by Gasteiger charge is 2.24. The number of amides is 1. The normalized spacial score (nSPS) is 14.1. The molecule has 1 fully saturated rings. The minimum Gasteiger partial charge on any atom is -0.399 e. The molecule has 0 radical (unpaired) electrons. The summed E-state index contributed by atoms with van der Waals surface area (Å²) >= 11 is 0. The van der Waals surface area contributed by atoms with Gasteiger partial charge < -0.3 is 11.1 Å². The molecule has 4 nitrogen and oxygen atoms in total. The molecule has 0 unspecified atom stereocenters. The number of pyridine rings is 1. The van der Waals surface area contributed by atoms with Crippen molar-refractivity contribution in [1.29, 1.82) is 0 Å². The van der Waals surface area contributed by atoms with Gasteiger partial charge in [0, 0.05) is 17.3 Å². The zero-order valence-corrected chi connectivity index (χ0v) is 10.5. The summed E-state index contributed by atoms with van der Waals surface area (Å²) < 4.78 is 0. The number of nitrogen functional groups attached to an aromatic ring is 1. The van der Waals surface area contributed by atoms with Gasteiger partial charge in [0.25, 0.3) is 5.91 Å². The molecule has 0 saturated heterocycles. The van der Waals surface area contributed by atoms with Gasteiger partial charge in [0.05, 0.1) is 5.69 Å². The second kappa shape index (κ2) is 4.72. The third kappa shape index (κ3) is 2.73. The number of carbonyl (C=O) groups excluding carboxylic acids is 1. The summed E-state index contributed by atoms with van der Waals surface area (Å²) in [6.45, 7) is 0. The number of carbonyl (C=O) groups is 1. The highest BCUT2D eigenvalue weighted by atomic mass is 16.2. The van der Waals surface area contributed by atoms with Crippen molar-refractivity contribution in [1.82, 2.24) is 10.3 Å². The molecule has 1 saturated carbocycles. The average molecular weight is 253 g/mol. The summed E-state index contributed by atoms with van der Waals surface area (Å²) in [7, 11) is 0. The molecule has 19 heavy (non-hydrogen) atoms. The van der Waals surface area contributed by atoms with Crippen LogP contribution in [0.1, 0.15) is 23.3 Å². The van der Waals surface area contributed by atoms with Gasteiger partial charge in [-0.15, -0.1) is 0 Å². The van der Waals surface area contributed by atoms with Crippen molar-refractivity contribution in [3.8, 4) is 11.3 Å². The molecule has 4 heteroatoms. The van der Waals surface area contributed by atoms with Crippen molar-refractivity contribution in [2.45, 2.75) is 18.9 Å². The predicted octanol–water partition coefficient (Wildman–Crippen LogP) is 2.22. The first kappa shape index (κ1) is 11.7. The lowest BCUT2D eigenvalue weighted by Gasteiger charge is -2.06. The molecule has 1 aromatic heterocycles. The van der Waals surface area contributed by atoms with E-state index in [4.69, 9.17) is 5.73 Å². The quantitative estimate of drug-likeness (QED) is 0.824. The average Bonchev–Trinajstić information content (AvgIpc) is 3.23. The number of hydrogen-bond donors (Lipinski definition) is 2. The number of aromatic nitrogens is 1. The van der Waals surface area contributed by atoms with E-state index in [0.29, 0.717) is 17.4 Å². The maximum absolute atomic E-state index is 11.9. The van der Waals surface area contributed by atoms with Gasteiger partial charge in [0.15, 0.2) is 0 Å². The van der Waals surface area contributed by atoms with Crippen molar-refractivity contribution >= 4 is 11.6 Å².